The van der Waals surface area contributed by atoms with Crippen LogP contribution in [0.1, 0.15) is 31.9 Å². The molecule has 3 aromatic rings. The lowest BCUT2D eigenvalue weighted by atomic mass is 10.1. The zero-order valence-electron chi connectivity index (χ0n) is 17.1. The highest BCUT2D eigenvalue weighted by Crippen LogP contribution is 2.24. The molecule has 0 saturated carbocycles. The maximum absolute atomic E-state index is 12.6. The van der Waals surface area contributed by atoms with Crippen LogP contribution >= 0.6 is 0 Å². The van der Waals surface area contributed by atoms with Gasteiger partial charge in [-0.05, 0) is 50.2 Å². The molecule has 0 spiro atoms. The topological polar surface area (TPSA) is 72.3 Å². The summed E-state index contributed by atoms with van der Waals surface area (Å²) in [6.45, 7) is 5.02. The van der Waals surface area contributed by atoms with E-state index in [1.807, 2.05) is 60.5 Å². The summed E-state index contributed by atoms with van der Waals surface area (Å²) < 4.78 is 7.42. The fourth-order valence-corrected chi connectivity index (χ4v) is 2.96. The molecular weight excluding hydrogens is 366 g/mol. The normalized spacial score (nSPS) is 12.0. The third-order valence-corrected chi connectivity index (χ3v) is 4.74. The summed E-state index contributed by atoms with van der Waals surface area (Å²) in [4.78, 5) is 18.5. The van der Waals surface area contributed by atoms with Crippen molar-refractivity contribution < 1.29 is 9.53 Å². The van der Waals surface area contributed by atoms with E-state index in [-0.39, 0.29) is 18.5 Å². The molecule has 29 heavy (non-hydrogen) atoms. The highest BCUT2D eigenvalue weighted by molar-refractivity contribution is 5.93. The van der Waals surface area contributed by atoms with Gasteiger partial charge in [0, 0.05) is 6.04 Å². The Morgan fingerprint density at radius 1 is 1.21 bits per heavy atom. The van der Waals surface area contributed by atoms with E-state index in [2.05, 4.69) is 29.2 Å². The Balaban J connectivity index is 1.59. The van der Waals surface area contributed by atoms with E-state index in [1.165, 1.54) is 6.33 Å². The van der Waals surface area contributed by atoms with Crippen LogP contribution in [0.5, 0.6) is 5.75 Å². The van der Waals surface area contributed by atoms with Crippen LogP contribution < -0.4 is 10.1 Å². The van der Waals surface area contributed by atoms with Gasteiger partial charge in [-0.15, -0.1) is 0 Å². The summed E-state index contributed by atoms with van der Waals surface area (Å²) in [6, 6.07) is 15.7. The minimum absolute atomic E-state index is 0.0777. The number of hydrogen-bond donors (Lipinski definition) is 1. The fraction of sp³-hybridized carbons (Fsp3) is 0.318. The van der Waals surface area contributed by atoms with Gasteiger partial charge in [0.05, 0.1) is 24.5 Å². The average Bonchev–Trinajstić information content (AvgIpc) is 3.27. The number of benzene rings is 2. The number of amides is 1. The third-order valence-electron chi connectivity index (χ3n) is 4.74. The lowest BCUT2D eigenvalue weighted by Crippen LogP contribution is -2.32. The zero-order valence-corrected chi connectivity index (χ0v) is 17.1. The zero-order chi connectivity index (χ0) is 20.6. The number of aromatic nitrogens is 3. The SMILES string of the molecule is CCCOc1ccccc1NC(=O)CN(C)C(C)c1ccc(-n2cncn2)cc1. The highest BCUT2D eigenvalue weighted by Gasteiger charge is 2.16. The van der Waals surface area contributed by atoms with Crippen molar-refractivity contribution in [2.45, 2.75) is 26.3 Å². The molecule has 0 aliphatic heterocycles. The second kappa shape index (κ2) is 9.84. The predicted octanol–water partition coefficient (Wildman–Crippen LogP) is 3.69. The van der Waals surface area contributed by atoms with Gasteiger partial charge in [-0.1, -0.05) is 31.2 Å². The first-order valence-electron chi connectivity index (χ1n) is 9.75. The maximum atomic E-state index is 12.6. The molecule has 0 aliphatic carbocycles. The molecule has 0 fully saturated rings. The van der Waals surface area contributed by atoms with Crippen LogP contribution in [0.15, 0.2) is 61.2 Å². The molecular formula is C22H27N5O2. The number of ether oxygens (including phenoxy) is 1. The van der Waals surface area contributed by atoms with Gasteiger partial charge >= 0.3 is 0 Å². The largest absolute Gasteiger partial charge is 0.491 e. The Hall–Kier alpha value is -3.19. The molecule has 7 heteroatoms. The number of rotatable bonds is 9. The first kappa shape index (κ1) is 20.5. The quantitative estimate of drug-likeness (QED) is 0.600. The second-order valence-electron chi connectivity index (χ2n) is 6.92. The van der Waals surface area contributed by atoms with Crippen molar-refractivity contribution in [3.05, 3.63) is 66.7 Å². The molecule has 152 valence electrons. The molecule has 2 aromatic carbocycles. The van der Waals surface area contributed by atoms with Crippen molar-refractivity contribution in [1.82, 2.24) is 19.7 Å². The number of carbonyl (C=O) groups excluding carboxylic acids is 1. The van der Waals surface area contributed by atoms with Crippen molar-refractivity contribution in [2.75, 3.05) is 25.5 Å². The number of likely N-dealkylation sites (N-methyl/N-ethyl adjacent to an activating group) is 1. The molecule has 1 unspecified atom stereocenters. The molecule has 1 aromatic heterocycles. The van der Waals surface area contributed by atoms with Gasteiger partial charge in [-0.2, -0.15) is 5.10 Å². The fourth-order valence-electron chi connectivity index (χ4n) is 2.96. The summed E-state index contributed by atoms with van der Waals surface area (Å²) in [5, 5.41) is 7.09. The maximum Gasteiger partial charge on any atom is 0.238 e. The average molecular weight is 393 g/mol. The minimum atomic E-state index is -0.0777. The summed E-state index contributed by atoms with van der Waals surface area (Å²) in [5.41, 5.74) is 2.77. The Morgan fingerprint density at radius 3 is 2.66 bits per heavy atom. The van der Waals surface area contributed by atoms with Gasteiger partial charge in [0.2, 0.25) is 5.91 Å². The van der Waals surface area contributed by atoms with Crippen LogP contribution in [0.4, 0.5) is 5.69 Å². The van der Waals surface area contributed by atoms with Crippen molar-refractivity contribution >= 4 is 11.6 Å². The van der Waals surface area contributed by atoms with E-state index >= 15 is 0 Å². The van der Waals surface area contributed by atoms with Crippen LogP contribution in [0.25, 0.3) is 5.69 Å². The van der Waals surface area contributed by atoms with Crippen molar-refractivity contribution in [1.29, 1.82) is 0 Å². The molecule has 0 saturated heterocycles. The molecule has 0 aliphatic rings. The Morgan fingerprint density at radius 2 is 1.97 bits per heavy atom. The van der Waals surface area contributed by atoms with Gasteiger partial charge in [-0.3, -0.25) is 9.69 Å². The number of para-hydroxylation sites is 2. The standard InChI is InChI=1S/C22H27N5O2/c1-4-13-29-21-8-6-5-7-20(21)25-22(28)14-26(3)17(2)18-9-11-19(12-10-18)27-16-23-15-24-27/h5-12,15-17H,4,13-14H2,1-3H3,(H,25,28). The van der Waals surface area contributed by atoms with Crippen molar-refractivity contribution in [2.24, 2.45) is 0 Å². The minimum Gasteiger partial charge on any atom is -0.491 e. The molecule has 1 atom stereocenters. The van der Waals surface area contributed by atoms with E-state index in [1.54, 1.807) is 11.0 Å². The second-order valence-corrected chi connectivity index (χ2v) is 6.92. The summed E-state index contributed by atoms with van der Waals surface area (Å²) in [5.74, 6) is 0.619. The van der Waals surface area contributed by atoms with E-state index < -0.39 is 0 Å². The molecule has 3 rings (SSSR count). The summed E-state index contributed by atoms with van der Waals surface area (Å²) in [7, 11) is 1.94. The lowest BCUT2D eigenvalue weighted by molar-refractivity contribution is -0.117. The predicted molar refractivity (Wildman–Crippen MR) is 113 cm³/mol. The van der Waals surface area contributed by atoms with Gasteiger partial charge < -0.3 is 10.1 Å². The summed E-state index contributed by atoms with van der Waals surface area (Å²) in [6.07, 6.45) is 4.09. The number of nitrogens with zero attached hydrogens (tertiary/aromatic N) is 4. The Labute approximate surface area is 171 Å². The van der Waals surface area contributed by atoms with Crippen LogP contribution in [-0.2, 0) is 4.79 Å². The lowest BCUT2D eigenvalue weighted by Gasteiger charge is -2.25. The van der Waals surface area contributed by atoms with Crippen LogP contribution in [0, 0.1) is 0 Å². The highest BCUT2D eigenvalue weighted by atomic mass is 16.5. The van der Waals surface area contributed by atoms with Crippen LogP contribution in [0.2, 0.25) is 0 Å². The molecule has 7 nitrogen and oxygen atoms in total. The summed E-state index contributed by atoms with van der Waals surface area (Å²) >= 11 is 0. The van der Waals surface area contributed by atoms with Gasteiger partial charge in [0.25, 0.3) is 0 Å². The van der Waals surface area contributed by atoms with E-state index in [0.717, 1.165) is 17.7 Å². The molecule has 0 radical (unpaired) electrons. The van der Waals surface area contributed by atoms with E-state index in [0.29, 0.717) is 18.0 Å². The van der Waals surface area contributed by atoms with E-state index in [9.17, 15) is 4.79 Å². The van der Waals surface area contributed by atoms with E-state index in [4.69, 9.17) is 4.74 Å². The number of anilines is 1. The van der Waals surface area contributed by atoms with Crippen molar-refractivity contribution in [3.8, 4) is 11.4 Å². The van der Waals surface area contributed by atoms with Crippen LogP contribution in [0.3, 0.4) is 0 Å². The van der Waals surface area contributed by atoms with Gasteiger partial charge in [0.1, 0.15) is 18.4 Å². The van der Waals surface area contributed by atoms with Crippen molar-refractivity contribution in [3.63, 3.8) is 0 Å². The smallest absolute Gasteiger partial charge is 0.238 e. The van der Waals surface area contributed by atoms with Gasteiger partial charge in [0.15, 0.2) is 0 Å². The first-order chi connectivity index (χ1) is 14.1. The molecule has 0 bridgehead atoms. The monoisotopic (exact) mass is 393 g/mol. The number of hydrogen-bond acceptors (Lipinski definition) is 5. The molecule has 1 N–H and O–H groups in total. The number of carbonyl (C=O) groups is 1. The van der Waals surface area contributed by atoms with Gasteiger partial charge in [-0.25, -0.2) is 9.67 Å². The molecule has 1 heterocycles. The molecule has 1 amide bonds. The number of nitrogens with one attached hydrogen (secondary N) is 1. The Kier molecular flexibility index (Phi) is 6.97. The third kappa shape index (κ3) is 5.42. The van der Waals surface area contributed by atoms with Crippen LogP contribution in [-0.4, -0.2) is 45.8 Å². The first-order valence-corrected chi connectivity index (χ1v) is 9.75. The Bertz CT molecular complexity index is 909.